The van der Waals surface area contributed by atoms with Crippen molar-refractivity contribution in [2.45, 2.75) is 33.2 Å². The van der Waals surface area contributed by atoms with Gasteiger partial charge >= 0.3 is 0 Å². The smallest absolute Gasteiger partial charge is 0.270 e. The summed E-state index contributed by atoms with van der Waals surface area (Å²) in [5, 5.41) is 7.03. The van der Waals surface area contributed by atoms with Gasteiger partial charge in [-0.25, -0.2) is 9.97 Å². The Morgan fingerprint density at radius 3 is 2.56 bits per heavy atom. The van der Waals surface area contributed by atoms with E-state index in [1.807, 2.05) is 38.1 Å². The lowest BCUT2D eigenvalue weighted by atomic mass is 9.96. The van der Waals surface area contributed by atoms with Gasteiger partial charge in [0.2, 0.25) is 11.7 Å². The number of carbonyl (C=O) groups excluding carboxylic acids is 4. The molecule has 1 aliphatic carbocycles. The summed E-state index contributed by atoms with van der Waals surface area (Å²) >= 11 is 0. The van der Waals surface area contributed by atoms with Gasteiger partial charge in [0.25, 0.3) is 5.91 Å². The first-order valence-electron chi connectivity index (χ1n) is 11.6. The Morgan fingerprint density at radius 1 is 1.03 bits per heavy atom. The number of pyridine rings is 2. The average molecular weight is 482 g/mol. The molecular weight excluding hydrogens is 458 g/mol. The maximum absolute atomic E-state index is 13.0. The Balaban J connectivity index is 1.70. The van der Waals surface area contributed by atoms with E-state index in [0.717, 1.165) is 28.8 Å². The molecule has 0 radical (unpaired) electrons. The summed E-state index contributed by atoms with van der Waals surface area (Å²) in [5.74, 6) is -1.79. The molecule has 1 atom stereocenters. The Morgan fingerprint density at radius 2 is 1.81 bits per heavy atom. The molecule has 1 unspecified atom stereocenters. The summed E-state index contributed by atoms with van der Waals surface area (Å²) < 4.78 is 0. The molecule has 0 saturated heterocycles. The van der Waals surface area contributed by atoms with E-state index >= 15 is 0 Å². The number of nitrogens with zero attached hydrogens (tertiary/aromatic N) is 2. The third kappa shape index (κ3) is 3.94. The zero-order valence-electron chi connectivity index (χ0n) is 19.9. The molecule has 0 spiro atoms. The van der Waals surface area contributed by atoms with Crippen molar-refractivity contribution >= 4 is 45.2 Å². The second-order valence-corrected chi connectivity index (χ2v) is 8.76. The molecule has 1 aliphatic rings. The van der Waals surface area contributed by atoms with Crippen LogP contribution >= 0.6 is 0 Å². The number of para-hydroxylation sites is 1. The van der Waals surface area contributed by atoms with Gasteiger partial charge in [0.05, 0.1) is 22.5 Å². The second-order valence-electron chi connectivity index (χ2n) is 8.76. The molecular formula is C27H23N5O4. The predicted molar refractivity (Wildman–Crippen MR) is 135 cm³/mol. The highest BCUT2D eigenvalue weighted by molar-refractivity contribution is 6.24. The van der Waals surface area contributed by atoms with Gasteiger partial charge in [0.15, 0.2) is 5.78 Å². The van der Waals surface area contributed by atoms with E-state index < -0.39 is 17.5 Å². The molecule has 5 rings (SSSR count). The summed E-state index contributed by atoms with van der Waals surface area (Å²) in [7, 11) is 0. The molecule has 3 heterocycles. The fraction of sp³-hybridized carbons (Fsp3) is 0.185. The lowest BCUT2D eigenvalue weighted by Gasteiger charge is -2.16. The molecule has 3 N–H and O–H groups in total. The van der Waals surface area contributed by atoms with Crippen molar-refractivity contribution < 1.29 is 19.2 Å². The van der Waals surface area contributed by atoms with Crippen LogP contribution in [-0.2, 0) is 4.79 Å². The van der Waals surface area contributed by atoms with Crippen LogP contribution in [0.25, 0.3) is 33.2 Å². The largest absolute Gasteiger partial charge is 0.353 e. The Hall–Kier alpha value is -4.66. The second kappa shape index (κ2) is 8.84. The molecule has 0 fully saturated rings. The van der Waals surface area contributed by atoms with Crippen LogP contribution in [0.1, 0.15) is 58.5 Å². The van der Waals surface area contributed by atoms with E-state index in [4.69, 9.17) is 0 Å². The van der Waals surface area contributed by atoms with Gasteiger partial charge in [0.1, 0.15) is 17.1 Å². The minimum atomic E-state index is -0.569. The fourth-order valence-corrected chi connectivity index (χ4v) is 4.19. The number of Topliss-reactive ketones (excluding diaryl/α,β-unsaturated/α-hetero) is 1. The number of ketones is 2. The van der Waals surface area contributed by atoms with Gasteiger partial charge in [-0.3, -0.25) is 19.2 Å². The number of amides is 2. The molecule has 9 heteroatoms. The van der Waals surface area contributed by atoms with E-state index in [2.05, 4.69) is 25.6 Å². The summed E-state index contributed by atoms with van der Waals surface area (Å²) in [6.07, 6.45) is 1.86. The Bertz CT molecular complexity index is 1630. The standard InChI is InChI=1S/C27H23N5O4/c1-4-13(2)28-27(36)21-11-17-15-7-5-6-8-18(15)30-23(17)25(32-21)19-10-9-16-22(34)12-20(29-14(3)33)26(35)24(16)31-19/h5-13,30H,4H2,1-3H3,(H,28,36)(H,29,33). The van der Waals surface area contributed by atoms with Gasteiger partial charge in [0, 0.05) is 35.3 Å². The minimum absolute atomic E-state index is 0.0362. The highest BCUT2D eigenvalue weighted by Crippen LogP contribution is 2.33. The van der Waals surface area contributed by atoms with Crippen molar-refractivity contribution in [3.05, 3.63) is 71.2 Å². The quantitative estimate of drug-likeness (QED) is 0.398. The third-order valence-electron chi connectivity index (χ3n) is 6.17. The van der Waals surface area contributed by atoms with Crippen molar-refractivity contribution in [1.29, 1.82) is 0 Å². The maximum Gasteiger partial charge on any atom is 0.270 e. The first-order valence-corrected chi connectivity index (χ1v) is 11.6. The zero-order valence-corrected chi connectivity index (χ0v) is 19.9. The highest BCUT2D eigenvalue weighted by Gasteiger charge is 2.29. The number of allylic oxidation sites excluding steroid dienone is 2. The molecule has 1 aromatic carbocycles. The van der Waals surface area contributed by atoms with Gasteiger partial charge in [-0.05, 0) is 37.6 Å². The molecule has 0 bridgehead atoms. The molecule has 9 nitrogen and oxygen atoms in total. The Labute approximate surface area is 206 Å². The fourth-order valence-electron chi connectivity index (χ4n) is 4.19. The van der Waals surface area contributed by atoms with Gasteiger partial charge in [-0.1, -0.05) is 25.1 Å². The topological polar surface area (TPSA) is 134 Å². The lowest BCUT2D eigenvalue weighted by molar-refractivity contribution is -0.118. The zero-order chi connectivity index (χ0) is 25.6. The number of hydrogen-bond acceptors (Lipinski definition) is 6. The number of rotatable bonds is 5. The van der Waals surface area contributed by atoms with Crippen LogP contribution in [0.2, 0.25) is 0 Å². The lowest BCUT2D eigenvalue weighted by Crippen LogP contribution is -2.32. The highest BCUT2D eigenvalue weighted by atomic mass is 16.2. The number of H-pyrrole nitrogens is 1. The summed E-state index contributed by atoms with van der Waals surface area (Å²) in [6.45, 7) is 5.15. The number of aromatic nitrogens is 3. The van der Waals surface area contributed by atoms with Gasteiger partial charge < -0.3 is 15.6 Å². The number of aromatic amines is 1. The van der Waals surface area contributed by atoms with Crippen LogP contribution in [0, 0.1) is 0 Å². The first-order chi connectivity index (χ1) is 17.3. The SMILES string of the molecule is CCC(C)NC(=O)c1cc2c([nH]c3ccccc32)c(-c2ccc3c(n2)C(=O)C(NC(C)=O)=CC3=O)n1. The van der Waals surface area contributed by atoms with Crippen molar-refractivity contribution in [3.8, 4) is 11.4 Å². The summed E-state index contributed by atoms with van der Waals surface area (Å²) in [6, 6.07) is 12.5. The van der Waals surface area contributed by atoms with Crippen molar-refractivity contribution in [1.82, 2.24) is 25.6 Å². The predicted octanol–water partition coefficient (Wildman–Crippen LogP) is 3.71. The molecule has 0 aliphatic heterocycles. The number of benzene rings is 1. The molecule has 180 valence electrons. The summed E-state index contributed by atoms with van der Waals surface area (Å²) in [5.41, 5.74) is 2.33. The van der Waals surface area contributed by atoms with Gasteiger partial charge in [-0.2, -0.15) is 0 Å². The third-order valence-corrected chi connectivity index (χ3v) is 6.17. The number of carbonyl (C=O) groups is 4. The van der Waals surface area contributed by atoms with Crippen LogP contribution in [-0.4, -0.2) is 44.4 Å². The van der Waals surface area contributed by atoms with Crippen LogP contribution in [0.3, 0.4) is 0 Å². The maximum atomic E-state index is 13.0. The molecule has 0 saturated carbocycles. The van der Waals surface area contributed by atoms with Crippen LogP contribution in [0.15, 0.2) is 54.2 Å². The van der Waals surface area contributed by atoms with E-state index in [9.17, 15) is 19.2 Å². The molecule has 3 aromatic heterocycles. The molecule has 2 amide bonds. The number of hydrogen-bond donors (Lipinski definition) is 3. The van der Waals surface area contributed by atoms with Crippen molar-refractivity contribution in [2.24, 2.45) is 0 Å². The number of fused-ring (bicyclic) bond motifs is 4. The van der Waals surface area contributed by atoms with Crippen molar-refractivity contribution in [2.75, 3.05) is 0 Å². The van der Waals surface area contributed by atoms with E-state index in [1.165, 1.54) is 13.0 Å². The monoisotopic (exact) mass is 481 g/mol. The van der Waals surface area contributed by atoms with Crippen LogP contribution in [0.4, 0.5) is 0 Å². The molecule has 4 aromatic rings. The Kier molecular flexibility index (Phi) is 5.68. The van der Waals surface area contributed by atoms with E-state index in [1.54, 1.807) is 12.1 Å². The van der Waals surface area contributed by atoms with Crippen molar-refractivity contribution in [3.63, 3.8) is 0 Å². The minimum Gasteiger partial charge on any atom is -0.353 e. The van der Waals surface area contributed by atoms with Gasteiger partial charge in [-0.15, -0.1) is 0 Å². The number of nitrogens with one attached hydrogen (secondary N) is 3. The average Bonchev–Trinajstić information content (AvgIpc) is 3.24. The van der Waals surface area contributed by atoms with E-state index in [0.29, 0.717) is 16.9 Å². The molecule has 36 heavy (non-hydrogen) atoms. The van der Waals surface area contributed by atoms with Crippen LogP contribution < -0.4 is 10.6 Å². The summed E-state index contributed by atoms with van der Waals surface area (Å²) in [4.78, 5) is 62.6. The first kappa shape index (κ1) is 23.1. The van der Waals surface area contributed by atoms with E-state index in [-0.39, 0.29) is 34.6 Å². The normalized spacial score (nSPS) is 13.9. The van der Waals surface area contributed by atoms with Crippen LogP contribution in [0.5, 0.6) is 0 Å².